The van der Waals surface area contributed by atoms with Crippen molar-refractivity contribution in [1.82, 2.24) is 14.7 Å². The molecule has 0 aliphatic heterocycles. The Morgan fingerprint density at radius 2 is 1.88 bits per heavy atom. The predicted octanol–water partition coefficient (Wildman–Crippen LogP) is 3.46. The van der Waals surface area contributed by atoms with Crippen molar-refractivity contribution in [3.05, 3.63) is 65.6 Å². The predicted molar refractivity (Wildman–Crippen MR) is 124 cm³/mol. The molecular weight excluding hydrogens is 443 g/mol. The minimum Gasteiger partial charge on any atom is -0.488 e. The average Bonchev–Trinajstić information content (AvgIpc) is 3.22. The fourth-order valence-electron chi connectivity index (χ4n) is 3.04. The molecule has 0 spiro atoms. The molecule has 34 heavy (non-hydrogen) atoms. The monoisotopic (exact) mass is 470 g/mol. The largest absolute Gasteiger partial charge is 0.488 e. The fraction of sp³-hybridized carbons (Fsp3) is 0.292. The first kappa shape index (κ1) is 24.7. The Balaban J connectivity index is 1.91. The number of aliphatic hydroxyl groups is 1. The van der Waals surface area contributed by atoms with Gasteiger partial charge in [-0.15, -0.1) is 0 Å². The molecule has 180 valence electrons. The minimum atomic E-state index is -0.736. The first-order chi connectivity index (χ1) is 16.2. The van der Waals surface area contributed by atoms with Gasteiger partial charge in [0.05, 0.1) is 6.61 Å². The Morgan fingerprint density at radius 3 is 2.47 bits per heavy atom. The second-order valence-corrected chi connectivity index (χ2v) is 7.80. The molecule has 0 bridgehead atoms. The average molecular weight is 471 g/mol. The second kappa shape index (κ2) is 10.8. The number of carbonyl (C=O) groups is 2. The topological polar surface area (TPSA) is 106 Å². The van der Waals surface area contributed by atoms with Gasteiger partial charge in [0.25, 0.3) is 11.8 Å². The first-order valence-corrected chi connectivity index (χ1v) is 10.6. The number of nitrogens with one attached hydrogen (secondary N) is 1. The van der Waals surface area contributed by atoms with Crippen molar-refractivity contribution in [2.24, 2.45) is 7.05 Å². The van der Waals surface area contributed by atoms with Gasteiger partial charge >= 0.3 is 0 Å². The van der Waals surface area contributed by atoms with Crippen LogP contribution in [0, 0.1) is 5.82 Å². The summed E-state index contributed by atoms with van der Waals surface area (Å²) in [6.45, 7) is 1.63. The lowest BCUT2D eigenvalue weighted by Gasteiger charge is -2.17. The van der Waals surface area contributed by atoms with E-state index in [-0.39, 0.29) is 40.9 Å². The van der Waals surface area contributed by atoms with Crippen LogP contribution in [-0.2, 0) is 7.05 Å². The molecule has 0 saturated heterocycles. The zero-order chi connectivity index (χ0) is 24.8. The first-order valence-electron chi connectivity index (χ1n) is 10.6. The fourth-order valence-corrected chi connectivity index (χ4v) is 3.04. The Bertz CT molecular complexity index is 1170. The molecule has 3 rings (SSSR count). The van der Waals surface area contributed by atoms with Crippen molar-refractivity contribution in [2.45, 2.75) is 19.4 Å². The number of benzene rings is 2. The summed E-state index contributed by atoms with van der Waals surface area (Å²) >= 11 is 0. The molecule has 1 aromatic heterocycles. The van der Waals surface area contributed by atoms with Crippen LogP contribution in [0.1, 0.15) is 34.1 Å². The third-order valence-corrected chi connectivity index (χ3v) is 4.87. The summed E-state index contributed by atoms with van der Waals surface area (Å²) in [4.78, 5) is 26.2. The number of hydrogen-bond acceptors (Lipinski definition) is 6. The molecule has 2 aromatic carbocycles. The number of rotatable bonds is 9. The Labute approximate surface area is 196 Å². The number of anilines is 1. The van der Waals surface area contributed by atoms with E-state index in [1.54, 1.807) is 38.1 Å². The number of nitrogens with zero attached hydrogens (tertiary/aromatic N) is 3. The summed E-state index contributed by atoms with van der Waals surface area (Å²) in [7, 11) is 4.87. The van der Waals surface area contributed by atoms with Gasteiger partial charge < -0.3 is 24.8 Å². The molecule has 0 aliphatic carbocycles. The maximum Gasteiger partial charge on any atom is 0.257 e. The van der Waals surface area contributed by atoms with E-state index in [0.29, 0.717) is 12.2 Å². The highest BCUT2D eigenvalue weighted by Gasteiger charge is 2.17. The van der Waals surface area contributed by atoms with E-state index in [1.807, 2.05) is 6.92 Å². The number of carbonyl (C=O) groups excluding carboxylic acids is 2. The molecule has 2 amide bonds. The zero-order valence-corrected chi connectivity index (χ0v) is 19.4. The quantitative estimate of drug-likeness (QED) is 0.496. The summed E-state index contributed by atoms with van der Waals surface area (Å²) in [6.07, 6.45) is 1.73. The van der Waals surface area contributed by atoms with Crippen LogP contribution in [0.5, 0.6) is 17.2 Å². The maximum atomic E-state index is 14.7. The molecule has 0 radical (unpaired) electrons. The zero-order valence-electron chi connectivity index (χ0n) is 19.4. The van der Waals surface area contributed by atoms with Crippen molar-refractivity contribution in [3.63, 3.8) is 0 Å². The molecule has 10 heteroatoms. The molecule has 0 fully saturated rings. The molecule has 9 nitrogen and oxygen atoms in total. The van der Waals surface area contributed by atoms with Crippen LogP contribution in [0.15, 0.2) is 48.7 Å². The molecular formula is C24H27FN4O5. The van der Waals surface area contributed by atoms with Crippen molar-refractivity contribution >= 4 is 17.6 Å². The van der Waals surface area contributed by atoms with Gasteiger partial charge in [-0.05, 0) is 36.8 Å². The summed E-state index contributed by atoms with van der Waals surface area (Å²) in [5.41, 5.74) is 0.363. The normalized spacial score (nSPS) is 11.6. The van der Waals surface area contributed by atoms with Crippen LogP contribution >= 0.6 is 0 Å². The van der Waals surface area contributed by atoms with Crippen LogP contribution < -0.4 is 14.8 Å². The number of halogens is 1. The summed E-state index contributed by atoms with van der Waals surface area (Å²) in [5.74, 6) is -0.915. The lowest BCUT2D eigenvalue weighted by atomic mass is 10.1. The van der Waals surface area contributed by atoms with E-state index < -0.39 is 17.8 Å². The minimum absolute atomic E-state index is 0.127. The van der Waals surface area contributed by atoms with E-state index in [4.69, 9.17) is 9.47 Å². The number of aryl methyl sites for hydroxylation is 1. The molecule has 0 aliphatic rings. The van der Waals surface area contributed by atoms with Gasteiger partial charge in [-0.1, -0.05) is 6.92 Å². The Kier molecular flexibility index (Phi) is 7.85. The SMILES string of the molecule is CC[C@@H](CO)Oc1cc(Oc2ccc(C(=O)N(C)C)cc2F)cc(C(=O)Nc2ccn(C)n2)c1. The van der Waals surface area contributed by atoms with Gasteiger partial charge in [0.15, 0.2) is 17.4 Å². The van der Waals surface area contributed by atoms with E-state index in [9.17, 15) is 19.1 Å². The lowest BCUT2D eigenvalue weighted by Crippen LogP contribution is -2.21. The number of amides is 2. The van der Waals surface area contributed by atoms with Gasteiger partial charge in [-0.2, -0.15) is 5.10 Å². The summed E-state index contributed by atoms with van der Waals surface area (Å²) < 4.78 is 27.7. The lowest BCUT2D eigenvalue weighted by molar-refractivity contribution is 0.0826. The second-order valence-electron chi connectivity index (χ2n) is 7.80. The maximum absolute atomic E-state index is 14.7. The van der Waals surface area contributed by atoms with E-state index >= 15 is 0 Å². The molecule has 0 unspecified atom stereocenters. The third kappa shape index (κ3) is 6.10. The highest BCUT2D eigenvalue weighted by atomic mass is 19.1. The highest BCUT2D eigenvalue weighted by Crippen LogP contribution is 2.30. The third-order valence-electron chi connectivity index (χ3n) is 4.87. The molecule has 1 heterocycles. The van der Waals surface area contributed by atoms with Gasteiger partial charge in [0.2, 0.25) is 0 Å². The number of ether oxygens (including phenoxy) is 2. The van der Waals surface area contributed by atoms with E-state index in [2.05, 4.69) is 10.4 Å². The summed E-state index contributed by atoms with van der Waals surface area (Å²) in [6, 6.07) is 9.95. The van der Waals surface area contributed by atoms with Gasteiger partial charge in [-0.25, -0.2) is 4.39 Å². The standard InChI is InChI=1S/C24H27FN4O5/c1-5-17(14-30)33-18-10-16(23(31)26-22-8-9-29(4)27-22)11-19(13-18)34-21-7-6-15(12-20(21)25)24(32)28(2)3/h6-13,17,30H,5,14H2,1-4H3,(H,26,27,31)/t17-/m0/s1. The molecule has 0 saturated carbocycles. The molecule has 1 atom stereocenters. The van der Waals surface area contributed by atoms with Gasteiger partial charge in [-0.3, -0.25) is 14.3 Å². The van der Waals surface area contributed by atoms with E-state index in [1.165, 1.54) is 35.2 Å². The summed E-state index contributed by atoms with van der Waals surface area (Å²) in [5, 5.41) is 16.3. The Hall–Kier alpha value is -3.92. The van der Waals surface area contributed by atoms with Crippen LogP contribution in [0.2, 0.25) is 0 Å². The van der Waals surface area contributed by atoms with Crippen molar-refractivity contribution in [3.8, 4) is 17.2 Å². The Morgan fingerprint density at radius 1 is 1.15 bits per heavy atom. The van der Waals surface area contributed by atoms with Crippen LogP contribution in [-0.4, -0.2) is 58.4 Å². The van der Waals surface area contributed by atoms with Gasteiger partial charge in [0.1, 0.15) is 17.6 Å². The number of hydrogen-bond donors (Lipinski definition) is 2. The molecule has 2 N–H and O–H groups in total. The van der Waals surface area contributed by atoms with Gasteiger partial charge in [0, 0.05) is 50.6 Å². The van der Waals surface area contributed by atoms with Crippen molar-refractivity contribution in [2.75, 3.05) is 26.0 Å². The number of aromatic nitrogens is 2. The van der Waals surface area contributed by atoms with Crippen molar-refractivity contribution < 1.29 is 28.6 Å². The highest BCUT2D eigenvalue weighted by molar-refractivity contribution is 6.04. The number of aliphatic hydroxyl groups excluding tert-OH is 1. The van der Waals surface area contributed by atoms with E-state index in [0.717, 1.165) is 6.07 Å². The van der Waals surface area contributed by atoms with Crippen molar-refractivity contribution in [1.29, 1.82) is 0 Å². The van der Waals surface area contributed by atoms with Crippen LogP contribution in [0.4, 0.5) is 10.2 Å². The smallest absolute Gasteiger partial charge is 0.257 e. The van der Waals surface area contributed by atoms with Crippen LogP contribution in [0.25, 0.3) is 0 Å². The molecule has 3 aromatic rings. The van der Waals surface area contributed by atoms with Crippen LogP contribution in [0.3, 0.4) is 0 Å².